The molecule has 0 aromatic heterocycles. The minimum Gasteiger partial charge on any atom is -0.493 e. The molecule has 2 aromatic rings. The summed E-state index contributed by atoms with van der Waals surface area (Å²) in [7, 11) is 0. The number of ether oxygens (including phenoxy) is 6. The molecule has 0 aliphatic carbocycles. The summed E-state index contributed by atoms with van der Waals surface area (Å²) < 4.78 is 41.3. The lowest BCUT2D eigenvalue weighted by molar-refractivity contribution is -0.268. The van der Waals surface area contributed by atoms with Crippen molar-refractivity contribution in [3.05, 3.63) is 63.1 Å². The molecule has 1 saturated heterocycles. The minimum absolute atomic E-state index is 0.292. The normalized spacial score (nSPS) is 21.3. The predicted octanol–water partition coefficient (Wildman–Crippen LogP) is 10.3. The Kier molecular flexibility index (Phi) is 19.6. The third-order valence-corrected chi connectivity index (χ3v) is 9.35. The number of aryl methyl sites for hydroxylation is 1. The highest BCUT2D eigenvalue weighted by Crippen LogP contribution is 2.42. The van der Waals surface area contributed by atoms with Crippen molar-refractivity contribution in [1.82, 2.24) is 0 Å². The maximum Gasteiger partial charge on any atom is 0.125 e. The van der Waals surface area contributed by atoms with Gasteiger partial charge in [-0.15, -0.1) is 0 Å². The summed E-state index contributed by atoms with van der Waals surface area (Å²) >= 11 is 3.59. The molecule has 0 unspecified atom stereocenters. The number of halogens is 1. The Morgan fingerprint density at radius 3 is 1.83 bits per heavy atom. The van der Waals surface area contributed by atoms with Gasteiger partial charge < -0.3 is 28.4 Å². The van der Waals surface area contributed by atoms with Crippen LogP contribution in [0.15, 0.2) is 40.9 Å². The average Bonchev–Trinajstić information content (AvgIpc) is 3.07. The van der Waals surface area contributed by atoms with Crippen molar-refractivity contribution >= 4 is 15.9 Å². The van der Waals surface area contributed by atoms with E-state index in [4.69, 9.17) is 28.4 Å². The third-order valence-electron chi connectivity index (χ3n) is 8.82. The minimum atomic E-state index is -0.398. The van der Waals surface area contributed by atoms with E-state index in [1.165, 1.54) is 16.7 Å². The Morgan fingerprint density at radius 2 is 1.21 bits per heavy atom. The van der Waals surface area contributed by atoms with E-state index in [9.17, 15) is 0 Å². The SMILES string of the molecule is CCCCOC[C@H]1O[C@@H](c2cc(Cc3ccc(Br)cc3)c(C)cc2OCCCC)[C@H](OCCCC)[C@@H](OCCCC)[C@H]1OCCCC. The van der Waals surface area contributed by atoms with Crippen LogP contribution < -0.4 is 4.74 Å². The lowest BCUT2D eigenvalue weighted by atomic mass is 9.87. The first-order valence-corrected chi connectivity index (χ1v) is 19.3. The molecule has 2 aromatic carbocycles. The summed E-state index contributed by atoms with van der Waals surface area (Å²) in [5.41, 5.74) is 4.74. The maximum absolute atomic E-state index is 7.14. The van der Waals surface area contributed by atoms with Crippen LogP contribution in [0, 0.1) is 6.92 Å². The topological polar surface area (TPSA) is 55.4 Å². The van der Waals surface area contributed by atoms with E-state index >= 15 is 0 Å². The smallest absolute Gasteiger partial charge is 0.125 e. The Hall–Kier alpha value is -1.48. The van der Waals surface area contributed by atoms with E-state index in [0.717, 1.165) is 86.4 Å². The van der Waals surface area contributed by atoms with Gasteiger partial charge in [0.2, 0.25) is 0 Å². The van der Waals surface area contributed by atoms with E-state index in [2.05, 4.69) is 93.9 Å². The van der Waals surface area contributed by atoms with Crippen LogP contribution in [0.4, 0.5) is 0 Å². The number of benzene rings is 2. The van der Waals surface area contributed by atoms with Crippen LogP contribution in [0.25, 0.3) is 0 Å². The Morgan fingerprint density at radius 1 is 0.660 bits per heavy atom. The quantitative estimate of drug-likeness (QED) is 0.101. The number of rotatable bonds is 24. The van der Waals surface area contributed by atoms with Gasteiger partial charge >= 0.3 is 0 Å². The number of hydrogen-bond acceptors (Lipinski definition) is 6. The molecule has 0 bridgehead atoms. The number of unbranched alkanes of at least 4 members (excludes halogenated alkanes) is 5. The summed E-state index contributed by atoms with van der Waals surface area (Å²) in [6.07, 6.45) is 9.46. The summed E-state index contributed by atoms with van der Waals surface area (Å²) in [6.45, 7) is 16.9. The second-order valence-corrected chi connectivity index (χ2v) is 13.8. The van der Waals surface area contributed by atoms with Crippen LogP contribution in [-0.4, -0.2) is 64.1 Å². The van der Waals surface area contributed by atoms with Crippen molar-refractivity contribution in [2.75, 3.05) is 39.6 Å². The van der Waals surface area contributed by atoms with E-state index < -0.39 is 6.10 Å². The van der Waals surface area contributed by atoms with Crippen LogP contribution in [0.2, 0.25) is 0 Å². The molecule has 1 aliphatic heterocycles. The van der Waals surface area contributed by atoms with Crippen molar-refractivity contribution in [1.29, 1.82) is 0 Å². The van der Waals surface area contributed by atoms with Gasteiger partial charge in [-0.2, -0.15) is 0 Å². The largest absolute Gasteiger partial charge is 0.493 e. The van der Waals surface area contributed by atoms with Crippen LogP contribution >= 0.6 is 15.9 Å². The molecular weight excluding hydrogens is 656 g/mol. The first-order chi connectivity index (χ1) is 23.0. The van der Waals surface area contributed by atoms with Crippen LogP contribution in [0.1, 0.15) is 127 Å². The molecule has 5 atom stereocenters. The Balaban J connectivity index is 2.12. The van der Waals surface area contributed by atoms with Gasteiger partial charge in [0, 0.05) is 36.5 Å². The predicted molar refractivity (Wildman–Crippen MR) is 196 cm³/mol. The second kappa shape index (κ2) is 23.0. The van der Waals surface area contributed by atoms with Crippen molar-refractivity contribution in [2.24, 2.45) is 0 Å². The summed E-state index contributed by atoms with van der Waals surface area (Å²) in [5.74, 6) is 0.868. The summed E-state index contributed by atoms with van der Waals surface area (Å²) in [4.78, 5) is 0. The van der Waals surface area contributed by atoms with E-state index in [1.807, 2.05) is 0 Å². The van der Waals surface area contributed by atoms with Gasteiger partial charge in [-0.05, 0) is 86.4 Å². The molecule has 3 rings (SSSR count). The fourth-order valence-electron chi connectivity index (χ4n) is 5.84. The van der Waals surface area contributed by atoms with E-state index in [-0.39, 0.29) is 24.4 Å². The zero-order chi connectivity index (χ0) is 33.9. The van der Waals surface area contributed by atoms with Gasteiger partial charge in [0.25, 0.3) is 0 Å². The van der Waals surface area contributed by atoms with E-state index in [1.54, 1.807) is 0 Å². The molecule has 1 aliphatic rings. The van der Waals surface area contributed by atoms with Crippen LogP contribution in [-0.2, 0) is 30.1 Å². The maximum atomic E-state index is 7.14. The van der Waals surface area contributed by atoms with Gasteiger partial charge in [-0.25, -0.2) is 0 Å². The highest BCUT2D eigenvalue weighted by molar-refractivity contribution is 9.10. The molecule has 0 N–H and O–H groups in total. The standard InChI is InChI=1S/C40H63BrO6/c1-7-12-21-42-29-36-38(44-23-14-9-3)40(46-25-16-11-5)39(45-24-15-10-4)37(47-36)34-28-32(27-31-17-19-33(41)20-18-31)30(6)26-35(34)43-22-13-8-2/h17-20,26,28,36-40H,7-16,21-25,27,29H2,1-6H3/t36-,37+,38+,39+,40+/m1/s1. The molecule has 0 radical (unpaired) electrons. The molecule has 0 spiro atoms. The van der Waals surface area contributed by atoms with Crippen molar-refractivity contribution in [3.63, 3.8) is 0 Å². The highest BCUT2D eigenvalue weighted by Gasteiger charge is 2.49. The fraction of sp³-hybridized carbons (Fsp3) is 0.700. The van der Waals surface area contributed by atoms with Crippen molar-refractivity contribution in [2.45, 2.75) is 143 Å². The molecule has 1 heterocycles. The molecule has 0 amide bonds. The lowest BCUT2D eigenvalue weighted by Gasteiger charge is -2.47. The van der Waals surface area contributed by atoms with Crippen LogP contribution in [0.5, 0.6) is 5.75 Å². The third kappa shape index (κ3) is 13.1. The first kappa shape index (κ1) is 40.0. The van der Waals surface area contributed by atoms with E-state index in [0.29, 0.717) is 39.6 Å². The highest BCUT2D eigenvalue weighted by atomic mass is 79.9. The summed E-state index contributed by atoms with van der Waals surface area (Å²) in [6, 6.07) is 13.1. The summed E-state index contributed by atoms with van der Waals surface area (Å²) in [5, 5.41) is 0. The molecule has 7 heteroatoms. The van der Waals surface area contributed by atoms with Crippen molar-refractivity contribution < 1.29 is 28.4 Å². The zero-order valence-corrected chi connectivity index (χ0v) is 31.8. The molecule has 0 saturated carbocycles. The average molecular weight is 720 g/mol. The zero-order valence-electron chi connectivity index (χ0n) is 30.2. The van der Waals surface area contributed by atoms with Gasteiger partial charge in [0.05, 0.1) is 13.2 Å². The molecule has 266 valence electrons. The van der Waals surface area contributed by atoms with Gasteiger partial charge in [-0.1, -0.05) is 94.8 Å². The lowest BCUT2D eigenvalue weighted by Crippen LogP contribution is -2.58. The number of hydrogen-bond donors (Lipinski definition) is 0. The van der Waals surface area contributed by atoms with Crippen LogP contribution in [0.3, 0.4) is 0 Å². The second-order valence-electron chi connectivity index (χ2n) is 12.9. The molecular formula is C40H63BrO6. The molecule has 6 nitrogen and oxygen atoms in total. The molecule has 1 fully saturated rings. The monoisotopic (exact) mass is 718 g/mol. The Labute approximate surface area is 294 Å². The van der Waals surface area contributed by atoms with Crippen molar-refractivity contribution in [3.8, 4) is 5.75 Å². The van der Waals surface area contributed by atoms with Gasteiger partial charge in [-0.3, -0.25) is 0 Å². The van der Waals surface area contributed by atoms with Gasteiger partial charge in [0.1, 0.15) is 36.3 Å². The van der Waals surface area contributed by atoms with Gasteiger partial charge in [0.15, 0.2) is 0 Å². The Bertz CT molecular complexity index is 1110. The first-order valence-electron chi connectivity index (χ1n) is 18.6. The fourth-order valence-corrected chi connectivity index (χ4v) is 6.11. The molecule has 47 heavy (non-hydrogen) atoms.